The third-order valence-corrected chi connectivity index (χ3v) is 3.23. The Morgan fingerprint density at radius 1 is 1.28 bits per heavy atom. The molecule has 0 heterocycles. The van der Waals surface area contributed by atoms with Crippen molar-refractivity contribution in [3.8, 4) is 0 Å². The molecule has 0 aromatic heterocycles. The summed E-state index contributed by atoms with van der Waals surface area (Å²) in [5.41, 5.74) is 5.77. The smallest absolute Gasteiger partial charge is 0.237 e. The maximum Gasteiger partial charge on any atom is 0.237 e. The number of carbonyl (C=O) groups is 2. The SMILES string of the molecule is CCC(C)C(N)C(=O)NCCNC(=O)C1CC1.Cl. The van der Waals surface area contributed by atoms with Crippen molar-refractivity contribution in [2.24, 2.45) is 17.6 Å². The number of nitrogens with one attached hydrogen (secondary N) is 2. The topological polar surface area (TPSA) is 84.2 Å². The van der Waals surface area contributed by atoms with Crippen molar-refractivity contribution in [3.05, 3.63) is 0 Å². The maximum atomic E-state index is 11.6. The molecule has 2 unspecified atom stereocenters. The lowest BCUT2D eigenvalue weighted by atomic mass is 9.99. The van der Waals surface area contributed by atoms with Crippen LogP contribution in [0.2, 0.25) is 0 Å². The monoisotopic (exact) mass is 277 g/mol. The number of nitrogens with two attached hydrogens (primary N) is 1. The molecular weight excluding hydrogens is 254 g/mol. The molecule has 0 spiro atoms. The third-order valence-electron chi connectivity index (χ3n) is 3.23. The van der Waals surface area contributed by atoms with Crippen molar-refractivity contribution in [1.82, 2.24) is 10.6 Å². The first-order chi connectivity index (χ1) is 8.06. The molecule has 1 aliphatic rings. The molecule has 0 bridgehead atoms. The molecule has 4 N–H and O–H groups in total. The Balaban J connectivity index is 0.00000289. The molecule has 1 fully saturated rings. The molecule has 1 rings (SSSR count). The third kappa shape index (κ3) is 5.69. The number of rotatable bonds is 7. The van der Waals surface area contributed by atoms with E-state index < -0.39 is 6.04 Å². The molecule has 6 heteroatoms. The first kappa shape index (κ1) is 17.2. The highest BCUT2D eigenvalue weighted by Crippen LogP contribution is 2.28. The van der Waals surface area contributed by atoms with E-state index in [1.54, 1.807) is 0 Å². The standard InChI is InChI=1S/C12H23N3O2.ClH/c1-3-8(2)10(13)12(17)15-7-6-14-11(16)9-4-5-9;/h8-10H,3-7,13H2,1-2H3,(H,14,16)(H,15,17);1H. The lowest BCUT2D eigenvalue weighted by Gasteiger charge is -2.17. The maximum absolute atomic E-state index is 11.6. The van der Waals surface area contributed by atoms with Crippen LogP contribution in [0, 0.1) is 11.8 Å². The second-order valence-electron chi connectivity index (χ2n) is 4.77. The minimum Gasteiger partial charge on any atom is -0.354 e. The fourth-order valence-electron chi connectivity index (χ4n) is 1.49. The fourth-order valence-corrected chi connectivity index (χ4v) is 1.49. The van der Waals surface area contributed by atoms with Gasteiger partial charge in [-0.3, -0.25) is 9.59 Å². The number of amides is 2. The quantitative estimate of drug-likeness (QED) is 0.590. The minimum absolute atomic E-state index is 0. The Morgan fingerprint density at radius 3 is 2.33 bits per heavy atom. The van der Waals surface area contributed by atoms with Gasteiger partial charge >= 0.3 is 0 Å². The van der Waals surface area contributed by atoms with Gasteiger partial charge in [-0.1, -0.05) is 20.3 Å². The highest BCUT2D eigenvalue weighted by molar-refractivity contribution is 5.85. The number of hydrogen-bond donors (Lipinski definition) is 3. The van der Waals surface area contributed by atoms with Gasteiger partial charge in [-0.2, -0.15) is 0 Å². The molecule has 0 saturated heterocycles. The van der Waals surface area contributed by atoms with Crippen molar-refractivity contribution < 1.29 is 9.59 Å². The first-order valence-corrected chi connectivity index (χ1v) is 6.37. The summed E-state index contributed by atoms with van der Waals surface area (Å²) in [6.45, 7) is 4.89. The van der Waals surface area contributed by atoms with E-state index in [0.717, 1.165) is 19.3 Å². The van der Waals surface area contributed by atoms with Crippen molar-refractivity contribution in [1.29, 1.82) is 0 Å². The Bertz CT molecular complexity index is 282. The largest absolute Gasteiger partial charge is 0.354 e. The Kier molecular flexibility index (Phi) is 7.95. The van der Waals surface area contributed by atoms with Gasteiger partial charge in [0.05, 0.1) is 6.04 Å². The zero-order valence-corrected chi connectivity index (χ0v) is 11.9. The highest BCUT2D eigenvalue weighted by Gasteiger charge is 2.29. The molecule has 0 aromatic carbocycles. The van der Waals surface area contributed by atoms with Crippen molar-refractivity contribution >= 4 is 24.2 Å². The molecule has 1 saturated carbocycles. The summed E-state index contributed by atoms with van der Waals surface area (Å²) in [5, 5.41) is 5.52. The zero-order chi connectivity index (χ0) is 12.8. The van der Waals surface area contributed by atoms with Gasteiger partial charge in [0.1, 0.15) is 0 Å². The first-order valence-electron chi connectivity index (χ1n) is 6.37. The molecular formula is C12H24ClN3O2. The Labute approximate surface area is 115 Å². The van der Waals surface area contributed by atoms with E-state index in [0.29, 0.717) is 13.1 Å². The second kappa shape index (κ2) is 8.32. The van der Waals surface area contributed by atoms with Crippen molar-refractivity contribution in [2.75, 3.05) is 13.1 Å². The predicted molar refractivity (Wildman–Crippen MR) is 73.4 cm³/mol. The van der Waals surface area contributed by atoms with E-state index in [-0.39, 0.29) is 36.1 Å². The molecule has 2 atom stereocenters. The molecule has 2 amide bonds. The van der Waals surface area contributed by atoms with Crippen LogP contribution in [0.25, 0.3) is 0 Å². The average Bonchev–Trinajstić information content (AvgIpc) is 3.16. The Morgan fingerprint density at radius 2 is 1.83 bits per heavy atom. The van der Waals surface area contributed by atoms with Crippen LogP contribution < -0.4 is 16.4 Å². The van der Waals surface area contributed by atoms with E-state index in [1.165, 1.54) is 0 Å². The van der Waals surface area contributed by atoms with E-state index in [4.69, 9.17) is 5.73 Å². The van der Waals surface area contributed by atoms with Gasteiger partial charge < -0.3 is 16.4 Å². The zero-order valence-electron chi connectivity index (χ0n) is 11.1. The van der Waals surface area contributed by atoms with Gasteiger partial charge in [0.2, 0.25) is 11.8 Å². The van der Waals surface area contributed by atoms with Gasteiger partial charge in [0, 0.05) is 19.0 Å². The van der Waals surface area contributed by atoms with E-state index in [2.05, 4.69) is 10.6 Å². The van der Waals surface area contributed by atoms with Crippen LogP contribution in [-0.4, -0.2) is 30.9 Å². The normalized spacial score (nSPS) is 17.3. The minimum atomic E-state index is -0.459. The van der Waals surface area contributed by atoms with Crippen LogP contribution in [0.15, 0.2) is 0 Å². The molecule has 106 valence electrons. The van der Waals surface area contributed by atoms with E-state index >= 15 is 0 Å². The average molecular weight is 278 g/mol. The molecule has 0 radical (unpaired) electrons. The van der Waals surface area contributed by atoms with Crippen molar-refractivity contribution in [3.63, 3.8) is 0 Å². The molecule has 0 aliphatic heterocycles. The summed E-state index contributed by atoms with van der Waals surface area (Å²) in [4.78, 5) is 22.9. The lowest BCUT2D eigenvalue weighted by Crippen LogP contribution is -2.46. The molecule has 5 nitrogen and oxygen atoms in total. The van der Waals surface area contributed by atoms with Crippen molar-refractivity contribution in [2.45, 2.75) is 39.2 Å². The van der Waals surface area contributed by atoms with Crippen LogP contribution in [0.1, 0.15) is 33.1 Å². The van der Waals surface area contributed by atoms with Crippen LogP contribution in [-0.2, 0) is 9.59 Å². The molecule has 18 heavy (non-hydrogen) atoms. The van der Waals surface area contributed by atoms with Gasteiger partial charge in [-0.25, -0.2) is 0 Å². The second-order valence-corrected chi connectivity index (χ2v) is 4.77. The van der Waals surface area contributed by atoms with Crippen LogP contribution >= 0.6 is 12.4 Å². The summed E-state index contributed by atoms with van der Waals surface area (Å²) in [7, 11) is 0. The van der Waals surface area contributed by atoms with Gasteiger partial charge in [0.15, 0.2) is 0 Å². The fraction of sp³-hybridized carbons (Fsp3) is 0.833. The molecule has 1 aliphatic carbocycles. The van der Waals surface area contributed by atoms with Crippen LogP contribution in [0.4, 0.5) is 0 Å². The summed E-state index contributed by atoms with van der Waals surface area (Å²) in [6.07, 6.45) is 2.88. The highest BCUT2D eigenvalue weighted by atomic mass is 35.5. The Hall–Kier alpha value is -0.810. The summed E-state index contributed by atoms with van der Waals surface area (Å²) in [6, 6.07) is -0.459. The molecule has 0 aromatic rings. The van der Waals surface area contributed by atoms with Gasteiger partial charge in [-0.05, 0) is 18.8 Å². The van der Waals surface area contributed by atoms with Crippen LogP contribution in [0.3, 0.4) is 0 Å². The summed E-state index contributed by atoms with van der Waals surface area (Å²) in [5.74, 6) is 0.356. The van der Waals surface area contributed by atoms with Gasteiger partial charge in [0.25, 0.3) is 0 Å². The lowest BCUT2D eigenvalue weighted by molar-refractivity contribution is -0.124. The predicted octanol–water partition coefficient (Wildman–Crippen LogP) is 0.424. The summed E-state index contributed by atoms with van der Waals surface area (Å²) >= 11 is 0. The number of halogens is 1. The number of carbonyl (C=O) groups excluding carboxylic acids is 2. The summed E-state index contributed by atoms with van der Waals surface area (Å²) < 4.78 is 0. The van der Waals surface area contributed by atoms with E-state index in [1.807, 2.05) is 13.8 Å². The van der Waals surface area contributed by atoms with Crippen LogP contribution in [0.5, 0.6) is 0 Å². The van der Waals surface area contributed by atoms with Gasteiger partial charge in [-0.15, -0.1) is 12.4 Å². The van der Waals surface area contributed by atoms with E-state index in [9.17, 15) is 9.59 Å². The number of hydrogen-bond acceptors (Lipinski definition) is 3.